The molecule has 2 N–H and O–H groups in total. The molecule has 0 fully saturated rings. The van der Waals surface area contributed by atoms with E-state index in [1.54, 1.807) is 23.7 Å². The minimum absolute atomic E-state index is 0.145. The van der Waals surface area contributed by atoms with Gasteiger partial charge in [0.1, 0.15) is 17.9 Å². The van der Waals surface area contributed by atoms with E-state index >= 15 is 0 Å². The van der Waals surface area contributed by atoms with Crippen LogP contribution in [0.25, 0.3) is 10.1 Å². The molecule has 116 valence electrons. The number of thiophene rings is 1. The Morgan fingerprint density at radius 2 is 2.18 bits per heavy atom. The van der Waals surface area contributed by atoms with Crippen LogP contribution in [0, 0.1) is 5.92 Å². The first-order valence-electron chi connectivity index (χ1n) is 7.34. The van der Waals surface area contributed by atoms with Crippen LogP contribution in [0.15, 0.2) is 30.6 Å². The number of aromatic nitrogens is 3. The number of fused-ring (bicyclic) bond motifs is 1. The second kappa shape index (κ2) is 6.06. The molecule has 0 aliphatic rings. The van der Waals surface area contributed by atoms with Crippen molar-refractivity contribution in [2.45, 2.75) is 26.4 Å². The Balaban J connectivity index is 1.79. The van der Waals surface area contributed by atoms with Crippen LogP contribution in [0.1, 0.15) is 30.6 Å². The highest BCUT2D eigenvalue weighted by molar-refractivity contribution is 7.19. The number of aryl methyl sites for hydroxylation is 1. The standard InChI is InChI=1S/C16H20N4OS/c1-10(2)15(16-19-18-9-20(16)3)17-8-11-7-12-13(21)5-4-6-14(12)22-11/h4-7,9-10,15,17,21H,8H2,1-3H3. The van der Waals surface area contributed by atoms with E-state index in [9.17, 15) is 5.11 Å². The van der Waals surface area contributed by atoms with Crippen LogP contribution in [-0.4, -0.2) is 19.9 Å². The Morgan fingerprint density at radius 3 is 2.82 bits per heavy atom. The molecule has 0 amide bonds. The summed E-state index contributed by atoms with van der Waals surface area (Å²) >= 11 is 1.70. The summed E-state index contributed by atoms with van der Waals surface area (Å²) in [7, 11) is 1.96. The average molecular weight is 316 g/mol. The second-order valence-electron chi connectivity index (χ2n) is 5.80. The minimum Gasteiger partial charge on any atom is -0.507 e. The Hall–Kier alpha value is -1.92. The predicted molar refractivity (Wildman–Crippen MR) is 88.9 cm³/mol. The van der Waals surface area contributed by atoms with Crippen LogP contribution in [0.5, 0.6) is 5.75 Å². The quantitative estimate of drug-likeness (QED) is 0.758. The van der Waals surface area contributed by atoms with Gasteiger partial charge >= 0.3 is 0 Å². The highest BCUT2D eigenvalue weighted by Gasteiger charge is 2.20. The number of hydrogen-bond acceptors (Lipinski definition) is 5. The molecule has 0 saturated heterocycles. The summed E-state index contributed by atoms with van der Waals surface area (Å²) in [5.41, 5.74) is 0. The smallest absolute Gasteiger partial charge is 0.149 e. The molecule has 1 unspecified atom stereocenters. The van der Waals surface area contributed by atoms with E-state index < -0.39 is 0 Å². The van der Waals surface area contributed by atoms with E-state index in [0.29, 0.717) is 11.7 Å². The van der Waals surface area contributed by atoms with Crippen molar-refractivity contribution in [3.63, 3.8) is 0 Å². The van der Waals surface area contributed by atoms with Crippen LogP contribution in [0.3, 0.4) is 0 Å². The fourth-order valence-corrected chi connectivity index (χ4v) is 3.63. The third-order valence-corrected chi connectivity index (χ3v) is 4.88. The Morgan fingerprint density at radius 1 is 1.36 bits per heavy atom. The van der Waals surface area contributed by atoms with Gasteiger partial charge in [0, 0.05) is 28.6 Å². The minimum atomic E-state index is 0.145. The van der Waals surface area contributed by atoms with Crippen LogP contribution < -0.4 is 5.32 Å². The SMILES string of the molecule is CC(C)C(NCc1cc2c(O)cccc2s1)c1nncn1C. The van der Waals surface area contributed by atoms with Crippen molar-refractivity contribution < 1.29 is 5.11 Å². The van der Waals surface area contributed by atoms with E-state index in [0.717, 1.165) is 22.5 Å². The molecule has 6 heteroatoms. The maximum absolute atomic E-state index is 9.90. The molecule has 0 radical (unpaired) electrons. The molecule has 0 bridgehead atoms. The van der Waals surface area contributed by atoms with Crippen molar-refractivity contribution in [2.24, 2.45) is 13.0 Å². The molecule has 5 nitrogen and oxygen atoms in total. The zero-order chi connectivity index (χ0) is 15.7. The normalized spacial score (nSPS) is 13.1. The lowest BCUT2D eigenvalue weighted by molar-refractivity contribution is 0.385. The summed E-state index contributed by atoms with van der Waals surface area (Å²) in [4.78, 5) is 1.20. The maximum Gasteiger partial charge on any atom is 0.149 e. The maximum atomic E-state index is 9.90. The van der Waals surface area contributed by atoms with Gasteiger partial charge in [-0.05, 0) is 24.1 Å². The van der Waals surface area contributed by atoms with Gasteiger partial charge in [-0.1, -0.05) is 19.9 Å². The molecular formula is C16H20N4OS. The summed E-state index contributed by atoms with van der Waals surface area (Å²) < 4.78 is 3.06. The Kier molecular flexibility index (Phi) is 4.13. The topological polar surface area (TPSA) is 63.0 Å². The largest absolute Gasteiger partial charge is 0.507 e. The van der Waals surface area contributed by atoms with Crippen molar-refractivity contribution in [2.75, 3.05) is 0 Å². The highest BCUT2D eigenvalue weighted by atomic mass is 32.1. The number of phenolic OH excluding ortho intramolecular Hbond substituents is 1. The van der Waals surface area contributed by atoms with E-state index in [4.69, 9.17) is 0 Å². The number of rotatable bonds is 5. The summed E-state index contributed by atoms with van der Waals surface area (Å²) in [6.07, 6.45) is 1.73. The molecule has 3 rings (SSSR count). The fourth-order valence-electron chi connectivity index (χ4n) is 2.59. The van der Waals surface area contributed by atoms with Crippen molar-refractivity contribution in [3.05, 3.63) is 41.3 Å². The Bertz CT molecular complexity index is 777. The van der Waals surface area contributed by atoms with Crippen LogP contribution >= 0.6 is 11.3 Å². The summed E-state index contributed by atoms with van der Waals surface area (Å²) in [6.45, 7) is 5.08. The predicted octanol–water partition coefficient (Wildman–Crippen LogP) is 3.22. The molecular weight excluding hydrogens is 296 g/mol. The van der Waals surface area contributed by atoms with Crippen LogP contribution in [0.4, 0.5) is 0 Å². The van der Waals surface area contributed by atoms with Gasteiger partial charge in [-0.3, -0.25) is 0 Å². The zero-order valence-corrected chi connectivity index (χ0v) is 13.8. The van der Waals surface area contributed by atoms with Crippen LogP contribution in [-0.2, 0) is 13.6 Å². The lowest BCUT2D eigenvalue weighted by atomic mass is 10.0. The molecule has 0 saturated carbocycles. The lowest BCUT2D eigenvalue weighted by Crippen LogP contribution is -2.27. The molecule has 0 aliphatic heterocycles. The zero-order valence-electron chi connectivity index (χ0n) is 12.9. The van der Waals surface area contributed by atoms with Gasteiger partial charge in [-0.25, -0.2) is 0 Å². The van der Waals surface area contributed by atoms with Crippen molar-refractivity contribution in [1.29, 1.82) is 0 Å². The monoisotopic (exact) mass is 316 g/mol. The number of hydrogen-bond donors (Lipinski definition) is 2. The second-order valence-corrected chi connectivity index (χ2v) is 6.97. The number of nitrogens with zero attached hydrogens (tertiary/aromatic N) is 3. The molecule has 22 heavy (non-hydrogen) atoms. The van der Waals surface area contributed by atoms with Gasteiger partial charge in [0.15, 0.2) is 0 Å². The van der Waals surface area contributed by atoms with E-state index in [2.05, 4.69) is 35.4 Å². The third-order valence-electron chi connectivity index (χ3n) is 3.78. The molecule has 0 aliphatic carbocycles. The molecule has 3 aromatic rings. The number of phenols is 1. The molecule has 2 aromatic heterocycles. The van der Waals surface area contributed by atoms with Gasteiger partial charge < -0.3 is 15.0 Å². The van der Waals surface area contributed by atoms with Crippen molar-refractivity contribution in [1.82, 2.24) is 20.1 Å². The first kappa shape index (κ1) is 15.0. The van der Waals surface area contributed by atoms with E-state index in [1.807, 2.05) is 23.7 Å². The first-order chi connectivity index (χ1) is 10.6. The molecule has 0 spiro atoms. The van der Waals surface area contributed by atoms with E-state index in [1.165, 1.54) is 4.88 Å². The number of aromatic hydroxyl groups is 1. The molecule has 1 aromatic carbocycles. The number of nitrogens with one attached hydrogen (secondary N) is 1. The van der Waals surface area contributed by atoms with Gasteiger partial charge in [0.05, 0.1) is 6.04 Å². The third kappa shape index (κ3) is 2.84. The Labute approximate surface area is 133 Å². The van der Waals surface area contributed by atoms with Gasteiger partial charge in [-0.15, -0.1) is 21.5 Å². The van der Waals surface area contributed by atoms with Gasteiger partial charge in [0.25, 0.3) is 0 Å². The lowest BCUT2D eigenvalue weighted by Gasteiger charge is -2.21. The van der Waals surface area contributed by atoms with E-state index in [-0.39, 0.29) is 6.04 Å². The highest BCUT2D eigenvalue weighted by Crippen LogP contribution is 2.32. The first-order valence-corrected chi connectivity index (χ1v) is 8.15. The fraction of sp³-hybridized carbons (Fsp3) is 0.375. The van der Waals surface area contributed by atoms with Crippen molar-refractivity contribution >= 4 is 21.4 Å². The molecule has 1 atom stereocenters. The summed E-state index contributed by atoms with van der Waals surface area (Å²) in [5, 5.41) is 22.6. The summed E-state index contributed by atoms with van der Waals surface area (Å²) in [5.74, 6) is 1.69. The van der Waals surface area contributed by atoms with Crippen molar-refractivity contribution in [3.8, 4) is 5.75 Å². The van der Waals surface area contributed by atoms with Gasteiger partial charge in [-0.2, -0.15) is 0 Å². The van der Waals surface area contributed by atoms with Crippen LogP contribution in [0.2, 0.25) is 0 Å². The average Bonchev–Trinajstić information content (AvgIpc) is 3.06. The summed E-state index contributed by atoms with van der Waals surface area (Å²) in [6, 6.07) is 7.83. The molecule has 2 heterocycles. The number of benzene rings is 1. The van der Waals surface area contributed by atoms with Gasteiger partial charge in [0.2, 0.25) is 0 Å².